The SMILES string of the molecule is Cc1nc(-c2nc(-c3ccc(Cl)cc3)c(CCC(=O)O)o2)c[nH]1. The summed E-state index contributed by atoms with van der Waals surface area (Å²) in [5.74, 6) is 0.740. The number of aromatic nitrogens is 3. The first-order valence-corrected chi connectivity index (χ1v) is 7.40. The van der Waals surface area contributed by atoms with Crippen LogP contribution in [-0.2, 0) is 11.2 Å². The Balaban J connectivity index is 2.02. The summed E-state index contributed by atoms with van der Waals surface area (Å²) in [6.45, 7) is 1.83. The van der Waals surface area contributed by atoms with Gasteiger partial charge >= 0.3 is 5.97 Å². The molecule has 0 aliphatic heterocycles. The highest BCUT2D eigenvalue weighted by atomic mass is 35.5. The van der Waals surface area contributed by atoms with Gasteiger partial charge in [0.05, 0.1) is 6.42 Å². The minimum atomic E-state index is -0.888. The molecule has 0 aliphatic carbocycles. The molecule has 3 rings (SSSR count). The molecule has 3 aromatic rings. The predicted octanol–water partition coefficient (Wildman–Crippen LogP) is 3.71. The maximum atomic E-state index is 10.8. The molecule has 0 unspecified atom stereocenters. The van der Waals surface area contributed by atoms with Crippen LogP contribution in [-0.4, -0.2) is 26.0 Å². The average Bonchev–Trinajstić information content (AvgIpc) is 3.12. The number of imidazole rings is 1. The summed E-state index contributed by atoms with van der Waals surface area (Å²) in [6.07, 6.45) is 1.92. The monoisotopic (exact) mass is 331 g/mol. The fourth-order valence-electron chi connectivity index (χ4n) is 2.21. The third-order valence-electron chi connectivity index (χ3n) is 3.31. The van der Waals surface area contributed by atoms with Crippen LogP contribution in [0.2, 0.25) is 5.02 Å². The summed E-state index contributed by atoms with van der Waals surface area (Å²) in [5, 5.41) is 9.52. The number of halogens is 1. The number of hydrogen-bond acceptors (Lipinski definition) is 4. The fourth-order valence-corrected chi connectivity index (χ4v) is 2.34. The number of oxazole rings is 1. The molecule has 0 fully saturated rings. The molecule has 0 spiro atoms. The Morgan fingerprint density at radius 1 is 1.30 bits per heavy atom. The van der Waals surface area contributed by atoms with Crippen LogP contribution in [0, 0.1) is 6.92 Å². The number of carboxylic acids is 1. The number of nitrogens with one attached hydrogen (secondary N) is 1. The van der Waals surface area contributed by atoms with E-state index in [1.807, 2.05) is 19.1 Å². The quantitative estimate of drug-likeness (QED) is 0.743. The highest BCUT2D eigenvalue weighted by Gasteiger charge is 2.18. The Morgan fingerprint density at radius 3 is 2.65 bits per heavy atom. The molecule has 1 aromatic carbocycles. The van der Waals surface area contributed by atoms with Gasteiger partial charge in [-0.1, -0.05) is 23.7 Å². The Kier molecular flexibility index (Phi) is 4.16. The average molecular weight is 332 g/mol. The maximum Gasteiger partial charge on any atom is 0.303 e. The first-order chi connectivity index (χ1) is 11.0. The van der Waals surface area contributed by atoms with E-state index >= 15 is 0 Å². The lowest BCUT2D eigenvalue weighted by Gasteiger charge is -2.00. The molecule has 6 nitrogen and oxygen atoms in total. The summed E-state index contributed by atoms with van der Waals surface area (Å²) >= 11 is 5.91. The smallest absolute Gasteiger partial charge is 0.303 e. The Hall–Kier alpha value is -2.60. The molecule has 7 heteroatoms. The van der Waals surface area contributed by atoms with E-state index in [2.05, 4.69) is 15.0 Å². The topological polar surface area (TPSA) is 92.0 Å². The minimum absolute atomic E-state index is 0.0329. The molecule has 0 radical (unpaired) electrons. The third kappa shape index (κ3) is 3.43. The Morgan fingerprint density at radius 2 is 2.04 bits per heavy atom. The summed E-state index contributed by atoms with van der Waals surface area (Å²) in [4.78, 5) is 22.6. The molecule has 0 aliphatic rings. The van der Waals surface area contributed by atoms with Gasteiger partial charge in [-0.05, 0) is 19.1 Å². The number of H-pyrrole nitrogens is 1. The molecule has 0 atom stereocenters. The number of aryl methyl sites for hydroxylation is 2. The van der Waals surface area contributed by atoms with Crippen molar-refractivity contribution in [2.24, 2.45) is 0 Å². The van der Waals surface area contributed by atoms with Crippen LogP contribution < -0.4 is 0 Å². The largest absolute Gasteiger partial charge is 0.481 e. The van der Waals surface area contributed by atoms with Crippen molar-refractivity contribution in [2.45, 2.75) is 19.8 Å². The molecule has 0 saturated heterocycles. The third-order valence-corrected chi connectivity index (χ3v) is 3.56. The molecular formula is C16H14ClN3O3. The minimum Gasteiger partial charge on any atom is -0.481 e. The summed E-state index contributed by atoms with van der Waals surface area (Å²) in [6, 6.07) is 7.16. The lowest BCUT2D eigenvalue weighted by atomic mass is 10.1. The van der Waals surface area contributed by atoms with Crippen LogP contribution in [0.5, 0.6) is 0 Å². The van der Waals surface area contributed by atoms with Gasteiger partial charge in [-0.15, -0.1) is 0 Å². The van der Waals surface area contributed by atoms with Crippen LogP contribution in [0.4, 0.5) is 0 Å². The van der Waals surface area contributed by atoms with Crippen molar-refractivity contribution in [2.75, 3.05) is 0 Å². The number of carboxylic acid groups (broad SMARTS) is 1. The second kappa shape index (κ2) is 6.26. The van der Waals surface area contributed by atoms with Crippen molar-refractivity contribution >= 4 is 17.6 Å². The van der Waals surface area contributed by atoms with Gasteiger partial charge in [0.15, 0.2) is 0 Å². The van der Waals surface area contributed by atoms with E-state index in [1.54, 1.807) is 18.3 Å². The van der Waals surface area contributed by atoms with Gasteiger partial charge in [0.2, 0.25) is 5.89 Å². The number of rotatable bonds is 5. The van der Waals surface area contributed by atoms with Gasteiger partial charge in [0.1, 0.15) is 23.0 Å². The van der Waals surface area contributed by atoms with Crippen molar-refractivity contribution in [1.82, 2.24) is 15.0 Å². The lowest BCUT2D eigenvalue weighted by molar-refractivity contribution is -0.137. The van der Waals surface area contributed by atoms with Crippen LogP contribution in [0.3, 0.4) is 0 Å². The normalized spacial score (nSPS) is 10.9. The Labute approximate surface area is 137 Å². The van der Waals surface area contributed by atoms with E-state index in [1.165, 1.54) is 0 Å². The van der Waals surface area contributed by atoms with Gasteiger partial charge in [-0.25, -0.2) is 9.97 Å². The standard InChI is InChI=1S/C16H14ClN3O3/c1-9-18-8-12(19-9)16-20-15(10-2-4-11(17)5-3-10)13(23-16)6-7-14(21)22/h2-5,8H,6-7H2,1H3,(H,18,19)(H,21,22). The second-order valence-corrected chi connectivity index (χ2v) is 5.50. The summed E-state index contributed by atoms with van der Waals surface area (Å²) in [7, 11) is 0. The highest BCUT2D eigenvalue weighted by molar-refractivity contribution is 6.30. The summed E-state index contributed by atoms with van der Waals surface area (Å²) in [5.41, 5.74) is 2.01. The number of aliphatic carboxylic acids is 1. The molecule has 0 amide bonds. The first-order valence-electron chi connectivity index (χ1n) is 7.03. The van der Waals surface area contributed by atoms with Crippen molar-refractivity contribution in [1.29, 1.82) is 0 Å². The van der Waals surface area contributed by atoms with Crippen molar-refractivity contribution in [3.05, 3.63) is 47.1 Å². The van der Waals surface area contributed by atoms with Gasteiger partial charge in [0, 0.05) is 23.2 Å². The molecular weight excluding hydrogens is 318 g/mol. The van der Waals surface area contributed by atoms with E-state index in [0.717, 1.165) is 11.4 Å². The maximum absolute atomic E-state index is 10.8. The molecule has 0 saturated carbocycles. The number of benzene rings is 1. The van der Waals surface area contributed by atoms with Crippen LogP contribution in [0.25, 0.3) is 22.8 Å². The van der Waals surface area contributed by atoms with Crippen LogP contribution in [0.15, 0.2) is 34.9 Å². The molecule has 118 valence electrons. The van der Waals surface area contributed by atoms with E-state index in [9.17, 15) is 4.79 Å². The van der Waals surface area contributed by atoms with Crippen molar-refractivity contribution in [3.8, 4) is 22.8 Å². The molecule has 2 aromatic heterocycles. The molecule has 0 bridgehead atoms. The van der Waals surface area contributed by atoms with Gasteiger partial charge < -0.3 is 14.5 Å². The lowest BCUT2D eigenvalue weighted by Crippen LogP contribution is -1.97. The zero-order valence-corrected chi connectivity index (χ0v) is 13.1. The van der Waals surface area contributed by atoms with Gasteiger partial charge in [-0.3, -0.25) is 4.79 Å². The summed E-state index contributed by atoms with van der Waals surface area (Å²) < 4.78 is 5.76. The first kappa shape index (κ1) is 15.3. The number of hydrogen-bond donors (Lipinski definition) is 2. The van der Waals surface area contributed by atoms with E-state index < -0.39 is 5.97 Å². The van der Waals surface area contributed by atoms with E-state index in [0.29, 0.717) is 28.1 Å². The van der Waals surface area contributed by atoms with Crippen LogP contribution >= 0.6 is 11.6 Å². The number of aromatic amines is 1. The van der Waals surface area contributed by atoms with Crippen molar-refractivity contribution < 1.29 is 14.3 Å². The number of nitrogens with zero attached hydrogens (tertiary/aromatic N) is 2. The van der Waals surface area contributed by atoms with Gasteiger partial charge in [-0.2, -0.15) is 0 Å². The Bertz CT molecular complexity index is 837. The zero-order chi connectivity index (χ0) is 16.4. The predicted molar refractivity (Wildman–Crippen MR) is 85.2 cm³/mol. The zero-order valence-electron chi connectivity index (χ0n) is 12.3. The van der Waals surface area contributed by atoms with Crippen molar-refractivity contribution in [3.63, 3.8) is 0 Å². The molecule has 2 N–H and O–H groups in total. The fraction of sp³-hybridized carbons (Fsp3) is 0.188. The van der Waals surface area contributed by atoms with Gasteiger partial charge in [0.25, 0.3) is 0 Å². The van der Waals surface area contributed by atoms with Crippen LogP contribution in [0.1, 0.15) is 18.0 Å². The number of carbonyl (C=O) groups is 1. The van der Waals surface area contributed by atoms with E-state index in [-0.39, 0.29) is 12.8 Å². The molecule has 23 heavy (non-hydrogen) atoms. The molecule has 2 heterocycles. The van der Waals surface area contributed by atoms with E-state index in [4.69, 9.17) is 21.1 Å². The second-order valence-electron chi connectivity index (χ2n) is 5.06. The highest BCUT2D eigenvalue weighted by Crippen LogP contribution is 2.30.